The van der Waals surface area contributed by atoms with Gasteiger partial charge in [-0.15, -0.1) is 0 Å². The van der Waals surface area contributed by atoms with Crippen molar-refractivity contribution < 1.29 is 14.0 Å². The average molecular weight is 278 g/mol. The summed E-state index contributed by atoms with van der Waals surface area (Å²) in [6, 6.07) is 4.44. The SMILES string of the molecule is C=CC(=O)N(C)CC(=O)NC(C)c1ccc(F)c(C)c1. The normalized spacial score (nSPS) is 11.6. The predicted molar refractivity (Wildman–Crippen MR) is 75.5 cm³/mol. The Kier molecular flexibility index (Phi) is 5.43. The van der Waals surface area contributed by atoms with Crippen LogP contribution in [0.25, 0.3) is 0 Å². The van der Waals surface area contributed by atoms with E-state index in [4.69, 9.17) is 0 Å². The number of amides is 2. The second-order valence-corrected chi connectivity index (χ2v) is 4.70. The van der Waals surface area contributed by atoms with Crippen LogP contribution in [0.4, 0.5) is 4.39 Å². The zero-order chi connectivity index (χ0) is 15.3. The number of halogens is 1. The molecule has 1 unspecified atom stereocenters. The molecule has 0 aromatic heterocycles. The van der Waals surface area contributed by atoms with Gasteiger partial charge in [-0.25, -0.2) is 4.39 Å². The molecule has 1 aromatic carbocycles. The van der Waals surface area contributed by atoms with Crippen LogP contribution in [0.3, 0.4) is 0 Å². The van der Waals surface area contributed by atoms with Gasteiger partial charge < -0.3 is 10.2 Å². The van der Waals surface area contributed by atoms with Crippen molar-refractivity contribution in [2.75, 3.05) is 13.6 Å². The number of rotatable bonds is 5. The van der Waals surface area contributed by atoms with Gasteiger partial charge in [-0.2, -0.15) is 0 Å². The van der Waals surface area contributed by atoms with Crippen molar-refractivity contribution in [2.45, 2.75) is 19.9 Å². The molecule has 0 fully saturated rings. The number of hydrogen-bond acceptors (Lipinski definition) is 2. The second-order valence-electron chi connectivity index (χ2n) is 4.70. The van der Waals surface area contributed by atoms with E-state index >= 15 is 0 Å². The molecule has 0 radical (unpaired) electrons. The van der Waals surface area contributed by atoms with Crippen molar-refractivity contribution >= 4 is 11.8 Å². The minimum atomic E-state index is -0.314. The topological polar surface area (TPSA) is 49.4 Å². The Balaban J connectivity index is 2.63. The van der Waals surface area contributed by atoms with E-state index in [1.54, 1.807) is 26.0 Å². The van der Waals surface area contributed by atoms with E-state index in [-0.39, 0.29) is 30.2 Å². The highest BCUT2D eigenvalue weighted by atomic mass is 19.1. The molecule has 0 saturated carbocycles. The van der Waals surface area contributed by atoms with Crippen LogP contribution in [0.5, 0.6) is 0 Å². The average Bonchev–Trinajstić information content (AvgIpc) is 2.40. The quantitative estimate of drug-likeness (QED) is 0.837. The summed E-state index contributed by atoms with van der Waals surface area (Å²) >= 11 is 0. The van der Waals surface area contributed by atoms with E-state index in [1.165, 1.54) is 18.0 Å². The molecule has 0 bridgehead atoms. The first-order valence-corrected chi connectivity index (χ1v) is 6.28. The molecule has 1 rings (SSSR count). The molecule has 20 heavy (non-hydrogen) atoms. The number of nitrogens with one attached hydrogen (secondary N) is 1. The predicted octanol–water partition coefficient (Wildman–Crippen LogP) is 1.96. The van der Waals surface area contributed by atoms with Crippen LogP contribution >= 0.6 is 0 Å². The van der Waals surface area contributed by atoms with Crippen LogP contribution in [0.1, 0.15) is 24.1 Å². The van der Waals surface area contributed by atoms with Gasteiger partial charge in [0.25, 0.3) is 0 Å². The van der Waals surface area contributed by atoms with Gasteiger partial charge in [0.1, 0.15) is 5.82 Å². The lowest BCUT2D eigenvalue weighted by Crippen LogP contribution is -2.38. The van der Waals surface area contributed by atoms with Gasteiger partial charge in [-0.1, -0.05) is 18.7 Å². The van der Waals surface area contributed by atoms with E-state index in [0.29, 0.717) is 5.56 Å². The molecule has 0 saturated heterocycles. The maximum Gasteiger partial charge on any atom is 0.246 e. The van der Waals surface area contributed by atoms with Gasteiger partial charge >= 0.3 is 0 Å². The minimum Gasteiger partial charge on any atom is -0.348 e. The molecule has 1 atom stereocenters. The van der Waals surface area contributed by atoms with Gasteiger partial charge in [0, 0.05) is 7.05 Å². The maximum absolute atomic E-state index is 13.2. The third-order valence-corrected chi connectivity index (χ3v) is 2.99. The smallest absolute Gasteiger partial charge is 0.246 e. The summed E-state index contributed by atoms with van der Waals surface area (Å²) < 4.78 is 13.2. The van der Waals surface area contributed by atoms with Crippen LogP contribution in [0.15, 0.2) is 30.9 Å². The van der Waals surface area contributed by atoms with E-state index in [1.807, 2.05) is 0 Å². The molecule has 0 heterocycles. The Labute approximate surface area is 118 Å². The number of likely N-dealkylation sites (N-methyl/N-ethyl adjacent to an activating group) is 1. The van der Waals surface area contributed by atoms with Crippen LogP contribution in [-0.4, -0.2) is 30.3 Å². The summed E-state index contributed by atoms with van der Waals surface area (Å²) in [5.74, 6) is -0.869. The summed E-state index contributed by atoms with van der Waals surface area (Å²) in [5, 5.41) is 2.76. The van der Waals surface area contributed by atoms with Crippen molar-refractivity contribution in [1.82, 2.24) is 10.2 Å². The van der Waals surface area contributed by atoms with Crippen LogP contribution in [0.2, 0.25) is 0 Å². The highest BCUT2D eigenvalue weighted by molar-refractivity contribution is 5.90. The molecule has 0 aliphatic rings. The third kappa shape index (κ3) is 4.19. The summed E-state index contributed by atoms with van der Waals surface area (Å²) in [5.41, 5.74) is 1.34. The molecule has 0 aliphatic carbocycles. The molecule has 1 N–H and O–H groups in total. The largest absolute Gasteiger partial charge is 0.348 e. The molecular formula is C15H19FN2O2. The van der Waals surface area contributed by atoms with E-state index < -0.39 is 0 Å². The minimum absolute atomic E-state index is 0.0463. The standard InChI is InChI=1S/C15H19FN2O2/c1-5-15(20)18(4)9-14(19)17-11(3)12-6-7-13(16)10(2)8-12/h5-8,11H,1,9H2,2-4H3,(H,17,19). The summed E-state index contributed by atoms with van der Waals surface area (Å²) in [6.45, 7) is 6.79. The Bertz CT molecular complexity index is 529. The van der Waals surface area contributed by atoms with Gasteiger partial charge in [0.05, 0.1) is 12.6 Å². The van der Waals surface area contributed by atoms with Crippen molar-refractivity contribution in [3.05, 3.63) is 47.8 Å². The highest BCUT2D eigenvalue weighted by Crippen LogP contribution is 2.16. The zero-order valence-electron chi connectivity index (χ0n) is 11.9. The first kappa shape index (κ1) is 15.9. The molecular weight excluding hydrogens is 259 g/mol. The number of aryl methyl sites for hydroxylation is 1. The summed E-state index contributed by atoms with van der Waals surface area (Å²) in [7, 11) is 1.52. The molecule has 4 nitrogen and oxygen atoms in total. The number of benzene rings is 1. The fourth-order valence-electron chi connectivity index (χ4n) is 1.76. The van der Waals surface area contributed by atoms with Gasteiger partial charge in [-0.05, 0) is 37.1 Å². The monoisotopic (exact) mass is 278 g/mol. The Morgan fingerprint density at radius 2 is 2.15 bits per heavy atom. The Hall–Kier alpha value is -2.17. The first-order chi connectivity index (χ1) is 9.35. The Morgan fingerprint density at radius 1 is 1.50 bits per heavy atom. The molecule has 1 aromatic rings. The Morgan fingerprint density at radius 3 is 2.70 bits per heavy atom. The fourth-order valence-corrected chi connectivity index (χ4v) is 1.76. The van der Waals surface area contributed by atoms with Crippen LogP contribution < -0.4 is 5.32 Å². The molecule has 0 spiro atoms. The van der Waals surface area contributed by atoms with Crippen LogP contribution in [-0.2, 0) is 9.59 Å². The third-order valence-electron chi connectivity index (χ3n) is 2.99. The number of nitrogens with zero attached hydrogens (tertiary/aromatic N) is 1. The molecule has 5 heteroatoms. The van der Waals surface area contributed by atoms with Gasteiger partial charge in [0.15, 0.2) is 0 Å². The number of hydrogen-bond donors (Lipinski definition) is 1. The van der Waals surface area contributed by atoms with Crippen molar-refractivity contribution in [3.8, 4) is 0 Å². The number of carbonyl (C=O) groups is 2. The molecule has 2 amide bonds. The second kappa shape index (κ2) is 6.84. The zero-order valence-corrected chi connectivity index (χ0v) is 11.9. The first-order valence-electron chi connectivity index (χ1n) is 6.28. The van der Waals surface area contributed by atoms with Crippen molar-refractivity contribution in [1.29, 1.82) is 0 Å². The number of carbonyl (C=O) groups excluding carboxylic acids is 2. The summed E-state index contributed by atoms with van der Waals surface area (Å²) in [4.78, 5) is 24.3. The van der Waals surface area contributed by atoms with Crippen LogP contribution in [0, 0.1) is 12.7 Å². The lowest BCUT2D eigenvalue weighted by Gasteiger charge is -2.18. The van der Waals surface area contributed by atoms with E-state index in [2.05, 4.69) is 11.9 Å². The maximum atomic E-state index is 13.2. The van der Waals surface area contributed by atoms with Crippen molar-refractivity contribution in [2.24, 2.45) is 0 Å². The highest BCUT2D eigenvalue weighted by Gasteiger charge is 2.14. The lowest BCUT2D eigenvalue weighted by atomic mass is 10.1. The molecule has 0 aliphatic heterocycles. The fraction of sp³-hybridized carbons (Fsp3) is 0.333. The van der Waals surface area contributed by atoms with E-state index in [0.717, 1.165) is 11.6 Å². The lowest BCUT2D eigenvalue weighted by molar-refractivity contribution is -0.131. The van der Waals surface area contributed by atoms with E-state index in [9.17, 15) is 14.0 Å². The molecule has 108 valence electrons. The van der Waals surface area contributed by atoms with Gasteiger partial charge in [-0.3, -0.25) is 9.59 Å². The van der Waals surface area contributed by atoms with Crippen molar-refractivity contribution in [3.63, 3.8) is 0 Å². The summed E-state index contributed by atoms with van der Waals surface area (Å²) in [6.07, 6.45) is 1.15. The van der Waals surface area contributed by atoms with Gasteiger partial charge in [0.2, 0.25) is 11.8 Å².